The van der Waals surface area contributed by atoms with Crippen LogP contribution in [0.15, 0.2) is 23.1 Å². The van der Waals surface area contributed by atoms with E-state index in [9.17, 15) is 8.42 Å². The first-order valence-electron chi connectivity index (χ1n) is 6.44. The van der Waals surface area contributed by atoms with E-state index in [1.54, 1.807) is 0 Å². The second kappa shape index (κ2) is 6.20. The van der Waals surface area contributed by atoms with E-state index in [1.165, 1.54) is 22.5 Å². The first-order valence-corrected chi connectivity index (χ1v) is 8.63. The van der Waals surface area contributed by atoms with E-state index in [4.69, 9.17) is 23.2 Å². The highest BCUT2D eigenvalue weighted by atomic mass is 35.5. The van der Waals surface area contributed by atoms with E-state index < -0.39 is 10.0 Å². The van der Waals surface area contributed by atoms with Gasteiger partial charge in [0.25, 0.3) is 0 Å². The summed E-state index contributed by atoms with van der Waals surface area (Å²) in [4.78, 5) is 2.35. The third-order valence-corrected chi connectivity index (χ3v) is 6.32. The lowest BCUT2D eigenvalue weighted by Crippen LogP contribution is -2.44. The number of halogens is 2. The number of hydrogen-bond acceptors (Lipinski definition) is 3. The van der Waals surface area contributed by atoms with Gasteiger partial charge in [0.2, 0.25) is 10.0 Å². The zero-order chi connectivity index (χ0) is 14.9. The molecule has 2 rings (SSSR count). The molecule has 0 spiro atoms. The third-order valence-electron chi connectivity index (χ3n) is 3.68. The maximum atomic E-state index is 12.5. The van der Waals surface area contributed by atoms with Crippen molar-refractivity contribution < 1.29 is 8.42 Å². The van der Waals surface area contributed by atoms with Gasteiger partial charge in [-0.2, -0.15) is 4.31 Å². The van der Waals surface area contributed by atoms with Gasteiger partial charge in [-0.1, -0.05) is 23.2 Å². The lowest BCUT2D eigenvalue weighted by atomic mass is 10.1. The van der Waals surface area contributed by atoms with Crippen LogP contribution < -0.4 is 0 Å². The number of piperidine rings is 1. The Kier molecular flexibility index (Phi) is 4.97. The second-order valence-electron chi connectivity index (χ2n) is 5.17. The van der Waals surface area contributed by atoms with Crippen molar-refractivity contribution in [1.82, 2.24) is 9.21 Å². The Morgan fingerprint density at radius 3 is 2.25 bits per heavy atom. The van der Waals surface area contributed by atoms with E-state index in [-0.39, 0.29) is 9.92 Å². The zero-order valence-electron chi connectivity index (χ0n) is 11.5. The zero-order valence-corrected chi connectivity index (χ0v) is 13.8. The number of rotatable bonds is 3. The van der Waals surface area contributed by atoms with Crippen molar-refractivity contribution in [3.05, 3.63) is 28.2 Å². The predicted octanol–water partition coefficient (Wildman–Crippen LogP) is 2.71. The molecule has 1 heterocycles. The minimum absolute atomic E-state index is 0.204. The fourth-order valence-electron chi connectivity index (χ4n) is 2.39. The topological polar surface area (TPSA) is 40.6 Å². The van der Waals surface area contributed by atoms with Crippen molar-refractivity contribution in [3.63, 3.8) is 0 Å². The first-order chi connectivity index (χ1) is 9.32. The summed E-state index contributed by atoms with van der Waals surface area (Å²) in [5.41, 5.74) is 0. The van der Waals surface area contributed by atoms with Crippen molar-refractivity contribution in [2.24, 2.45) is 0 Å². The molecule has 0 atom stereocenters. The Hall–Kier alpha value is -0.330. The van der Waals surface area contributed by atoms with Crippen molar-refractivity contribution in [3.8, 4) is 0 Å². The van der Waals surface area contributed by atoms with E-state index >= 15 is 0 Å². The average molecular weight is 337 g/mol. The fraction of sp³-hybridized carbons (Fsp3) is 0.538. The van der Waals surface area contributed by atoms with Gasteiger partial charge in [-0.15, -0.1) is 0 Å². The molecule has 0 radical (unpaired) electrons. The fourth-order valence-corrected chi connectivity index (χ4v) is 4.24. The van der Waals surface area contributed by atoms with Crippen LogP contribution in [0, 0.1) is 0 Å². The molecule has 1 saturated heterocycles. The number of nitrogens with zero attached hydrogens (tertiary/aromatic N) is 2. The molecular formula is C13H18Cl2N2O2S. The highest BCUT2D eigenvalue weighted by Crippen LogP contribution is 2.28. The molecule has 0 saturated carbocycles. The van der Waals surface area contributed by atoms with Crippen LogP contribution in [0.25, 0.3) is 0 Å². The molecule has 1 aliphatic rings. The standard InChI is InChI=1S/C13H18Cl2N2O2S/c1-16(2)10-5-7-17(8-6-10)20(18,19)11-3-4-12(14)13(15)9-11/h3-4,9-10H,5-8H2,1-2H3. The smallest absolute Gasteiger partial charge is 0.243 e. The maximum absolute atomic E-state index is 12.5. The van der Waals surface area contributed by atoms with Crippen LogP contribution in [-0.4, -0.2) is 50.8 Å². The summed E-state index contributed by atoms with van der Waals surface area (Å²) in [5, 5.41) is 0.618. The summed E-state index contributed by atoms with van der Waals surface area (Å²) in [6.07, 6.45) is 1.68. The highest BCUT2D eigenvalue weighted by molar-refractivity contribution is 7.89. The lowest BCUT2D eigenvalue weighted by molar-refractivity contribution is 0.196. The van der Waals surface area contributed by atoms with Gasteiger partial charge in [0.15, 0.2) is 0 Å². The summed E-state index contributed by atoms with van der Waals surface area (Å²) in [7, 11) is 0.565. The van der Waals surface area contributed by atoms with Gasteiger partial charge in [0, 0.05) is 19.1 Å². The van der Waals surface area contributed by atoms with Crippen LogP contribution in [0.3, 0.4) is 0 Å². The number of hydrogen-bond donors (Lipinski definition) is 0. The minimum Gasteiger partial charge on any atom is -0.306 e. The first kappa shape index (κ1) is 16.0. The summed E-state index contributed by atoms with van der Waals surface area (Å²) in [6.45, 7) is 1.07. The Balaban J connectivity index is 2.17. The number of sulfonamides is 1. The molecule has 0 bridgehead atoms. The van der Waals surface area contributed by atoms with Gasteiger partial charge >= 0.3 is 0 Å². The molecule has 1 aromatic carbocycles. The van der Waals surface area contributed by atoms with Gasteiger partial charge < -0.3 is 4.90 Å². The van der Waals surface area contributed by atoms with E-state index in [1.807, 2.05) is 14.1 Å². The molecule has 0 amide bonds. The molecule has 0 unspecified atom stereocenters. The molecule has 20 heavy (non-hydrogen) atoms. The van der Waals surface area contributed by atoms with Crippen molar-refractivity contribution in [2.75, 3.05) is 27.2 Å². The molecule has 112 valence electrons. The van der Waals surface area contributed by atoms with Crippen molar-refractivity contribution in [1.29, 1.82) is 0 Å². The van der Waals surface area contributed by atoms with Crippen LogP contribution in [-0.2, 0) is 10.0 Å². The van der Waals surface area contributed by atoms with Crippen LogP contribution in [0.2, 0.25) is 10.0 Å². The summed E-state index contributed by atoms with van der Waals surface area (Å²) >= 11 is 11.7. The molecule has 1 fully saturated rings. The molecule has 0 aliphatic carbocycles. The molecule has 0 aromatic heterocycles. The largest absolute Gasteiger partial charge is 0.306 e. The van der Waals surface area contributed by atoms with Gasteiger partial charge in [-0.05, 0) is 45.1 Å². The molecule has 7 heteroatoms. The van der Waals surface area contributed by atoms with Gasteiger partial charge in [-0.3, -0.25) is 0 Å². The summed E-state index contributed by atoms with van der Waals surface area (Å²) in [5.74, 6) is 0. The third kappa shape index (κ3) is 3.28. The van der Waals surface area contributed by atoms with E-state index in [0.717, 1.165) is 12.8 Å². The lowest BCUT2D eigenvalue weighted by Gasteiger charge is -2.34. The Bertz CT molecular complexity index is 582. The molecule has 1 aromatic rings. The average Bonchev–Trinajstić information content (AvgIpc) is 2.41. The minimum atomic E-state index is -3.48. The Morgan fingerprint density at radius 2 is 1.75 bits per heavy atom. The van der Waals surface area contributed by atoms with Crippen molar-refractivity contribution in [2.45, 2.75) is 23.8 Å². The molecule has 4 nitrogen and oxygen atoms in total. The van der Waals surface area contributed by atoms with Gasteiger partial charge in [0.1, 0.15) is 0 Å². The molecule has 0 N–H and O–H groups in total. The predicted molar refractivity (Wildman–Crippen MR) is 81.9 cm³/mol. The highest BCUT2D eigenvalue weighted by Gasteiger charge is 2.30. The van der Waals surface area contributed by atoms with Crippen molar-refractivity contribution >= 4 is 33.2 Å². The van der Waals surface area contributed by atoms with Gasteiger partial charge in [0.05, 0.1) is 14.9 Å². The van der Waals surface area contributed by atoms with Crippen LogP contribution in [0.5, 0.6) is 0 Å². The maximum Gasteiger partial charge on any atom is 0.243 e. The van der Waals surface area contributed by atoms with E-state index in [0.29, 0.717) is 24.2 Å². The monoisotopic (exact) mass is 336 g/mol. The summed E-state index contributed by atoms with van der Waals surface area (Å²) < 4.78 is 26.6. The quantitative estimate of drug-likeness (QED) is 0.852. The molecular weight excluding hydrogens is 319 g/mol. The normalized spacial score (nSPS) is 18.6. The second-order valence-corrected chi connectivity index (χ2v) is 7.93. The van der Waals surface area contributed by atoms with Crippen LogP contribution >= 0.6 is 23.2 Å². The SMILES string of the molecule is CN(C)C1CCN(S(=O)(=O)c2ccc(Cl)c(Cl)c2)CC1. The van der Waals surface area contributed by atoms with Crippen LogP contribution in [0.4, 0.5) is 0 Å². The molecule has 1 aliphatic heterocycles. The van der Waals surface area contributed by atoms with Gasteiger partial charge in [-0.25, -0.2) is 8.42 Å². The Labute approximate surface area is 130 Å². The Morgan fingerprint density at radius 1 is 1.15 bits per heavy atom. The van der Waals surface area contributed by atoms with E-state index in [2.05, 4.69) is 4.90 Å². The summed E-state index contributed by atoms with van der Waals surface area (Å²) in [6, 6.07) is 4.87. The number of benzene rings is 1. The van der Waals surface area contributed by atoms with Crippen LogP contribution in [0.1, 0.15) is 12.8 Å².